The molecule has 0 fully saturated rings. The van der Waals surface area contributed by atoms with E-state index in [1.165, 1.54) is 0 Å². The van der Waals surface area contributed by atoms with Gasteiger partial charge in [-0.3, -0.25) is 4.79 Å². The van der Waals surface area contributed by atoms with Gasteiger partial charge in [-0.15, -0.1) is 6.42 Å². The highest BCUT2D eigenvalue weighted by atomic mass is 16.5. The first-order chi connectivity index (χ1) is 10.2. The van der Waals surface area contributed by atoms with Crippen LogP contribution in [0, 0.1) is 12.3 Å². The molecule has 0 unspecified atom stereocenters. The lowest BCUT2D eigenvalue weighted by Crippen LogP contribution is -2.15. The Balaban J connectivity index is 1.81. The van der Waals surface area contributed by atoms with Crippen LogP contribution in [0.2, 0.25) is 0 Å². The molecular weight excluding hydrogens is 264 g/mol. The molecule has 3 N–H and O–H groups in total. The summed E-state index contributed by atoms with van der Waals surface area (Å²) in [4.78, 5) is 11.8. The van der Waals surface area contributed by atoms with E-state index in [2.05, 4.69) is 11.2 Å². The number of carbonyl (C=O) groups is 1. The molecule has 0 saturated carbocycles. The van der Waals surface area contributed by atoms with Gasteiger partial charge in [0.1, 0.15) is 5.75 Å². The van der Waals surface area contributed by atoms with E-state index in [-0.39, 0.29) is 18.9 Å². The SMILES string of the molecule is C#Cc1cccc(NC(=O)CCOc2cccc(N)c2)c1. The predicted molar refractivity (Wildman–Crippen MR) is 84.0 cm³/mol. The van der Waals surface area contributed by atoms with Gasteiger partial charge in [-0.05, 0) is 30.3 Å². The van der Waals surface area contributed by atoms with Crippen LogP contribution in [0.3, 0.4) is 0 Å². The van der Waals surface area contributed by atoms with E-state index in [4.69, 9.17) is 16.9 Å². The molecule has 0 aromatic heterocycles. The number of anilines is 2. The summed E-state index contributed by atoms with van der Waals surface area (Å²) < 4.78 is 5.47. The van der Waals surface area contributed by atoms with Crippen LogP contribution in [-0.2, 0) is 4.79 Å². The first-order valence-corrected chi connectivity index (χ1v) is 6.52. The standard InChI is InChI=1S/C17H16N2O2/c1-2-13-5-3-7-15(11-13)19-17(20)9-10-21-16-8-4-6-14(18)12-16/h1,3-8,11-12H,9-10,18H2,(H,19,20). The van der Waals surface area contributed by atoms with Crippen molar-refractivity contribution in [2.45, 2.75) is 6.42 Å². The van der Waals surface area contributed by atoms with Crippen molar-refractivity contribution in [3.05, 3.63) is 54.1 Å². The molecule has 0 atom stereocenters. The minimum atomic E-state index is -0.131. The van der Waals surface area contributed by atoms with Crippen LogP contribution < -0.4 is 15.8 Å². The molecule has 4 nitrogen and oxygen atoms in total. The molecule has 2 aromatic rings. The molecule has 21 heavy (non-hydrogen) atoms. The number of ether oxygens (including phenoxy) is 1. The van der Waals surface area contributed by atoms with Crippen molar-refractivity contribution < 1.29 is 9.53 Å². The third-order valence-electron chi connectivity index (χ3n) is 2.77. The van der Waals surface area contributed by atoms with Crippen molar-refractivity contribution >= 4 is 17.3 Å². The highest BCUT2D eigenvalue weighted by Gasteiger charge is 2.03. The monoisotopic (exact) mass is 280 g/mol. The van der Waals surface area contributed by atoms with E-state index in [1.54, 1.807) is 48.5 Å². The van der Waals surface area contributed by atoms with E-state index < -0.39 is 0 Å². The Morgan fingerprint density at radius 1 is 1.24 bits per heavy atom. The van der Waals surface area contributed by atoms with Gasteiger partial charge in [0.15, 0.2) is 0 Å². The van der Waals surface area contributed by atoms with Crippen molar-refractivity contribution in [2.75, 3.05) is 17.7 Å². The Labute approximate surface area is 123 Å². The molecule has 0 bridgehead atoms. The van der Waals surface area contributed by atoms with Gasteiger partial charge in [-0.25, -0.2) is 0 Å². The first kappa shape index (κ1) is 14.5. The molecule has 0 radical (unpaired) electrons. The average molecular weight is 280 g/mol. The van der Waals surface area contributed by atoms with Gasteiger partial charge in [0.05, 0.1) is 13.0 Å². The number of hydrogen-bond acceptors (Lipinski definition) is 3. The summed E-state index contributed by atoms with van der Waals surface area (Å²) in [6.45, 7) is 0.282. The summed E-state index contributed by atoms with van der Waals surface area (Å²) in [5, 5.41) is 2.78. The zero-order valence-corrected chi connectivity index (χ0v) is 11.5. The lowest BCUT2D eigenvalue weighted by atomic mass is 10.2. The Kier molecular flexibility index (Phi) is 4.84. The summed E-state index contributed by atoms with van der Waals surface area (Å²) >= 11 is 0. The molecule has 1 amide bonds. The summed E-state index contributed by atoms with van der Waals surface area (Å²) in [5.41, 5.74) is 7.68. The molecule has 106 valence electrons. The summed E-state index contributed by atoms with van der Waals surface area (Å²) in [6.07, 6.45) is 5.56. The third kappa shape index (κ3) is 4.59. The number of nitrogens with two attached hydrogens (primary N) is 1. The van der Waals surface area contributed by atoms with Crippen molar-refractivity contribution in [1.29, 1.82) is 0 Å². The van der Waals surface area contributed by atoms with Crippen LogP contribution >= 0.6 is 0 Å². The molecule has 2 rings (SSSR count). The number of benzene rings is 2. The number of carbonyl (C=O) groups excluding carboxylic acids is 1. The molecular formula is C17H16N2O2. The second-order valence-electron chi connectivity index (χ2n) is 4.44. The number of amides is 1. The van der Waals surface area contributed by atoms with Gasteiger partial charge in [-0.2, -0.15) is 0 Å². The fraction of sp³-hybridized carbons (Fsp3) is 0.118. The zero-order valence-electron chi connectivity index (χ0n) is 11.5. The minimum absolute atomic E-state index is 0.131. The molecule has 0 spiro atoms. The van der Waals surface area contributed by atoms with Crippen LogP contribution in [0.15, 0.2) is 48.5 Å². The quantitative estimate of drug-likeness (QED) is 0.653. The maximum atomic E-state index is 11.8. The van der Waals surface area contributed by atoms with Gasteiger partial charge in [0.2, 0.25) is 5.91 Å². The van der Waals surface area contributed by atoms with E-state index in [9.17, 15) is 4.79 Å². The van der Waals surface area contributed by atoms with Crippen molar-refractivity contribution in [3.8, 4) is 18.1 Å². The van der Waals surface area contributed by atoms with Crippen LogP contribution in [0.1, 0.15) is 12.0 Å². The lowest BCUT2D eigenvalue weighted by Gasteiger charge is -2.08. The Morgan fingerprint density at radius 3 is 2.81 bits per heavy atom. The molecule has 0 aliphatic rings. The number of hydrogen-bond donors (Lipinski definition) is 2. The fourth-order valence-corrected chi connectivity index (χ4v) is 1.78. The van der Waals surface area contributed by atoms with Gasteiger partial charge < -0.3 is 15.8 Å². The Morgan fingerprint density at radius 2 is 2.05 bits per heavy atom. The summed E-state index contributed by atoms with van der Waals surface area (Å²) in [5.74, 6) is 3.04. The second-order valence-corrected chi connectivity index (χ2v) is 4.44. The average Bonchev–Trinajstić information content (AvgIpc) is 2.47. The largest absolute Gasteiger partial charge is 0.493 e. The molecule has 0 aliphatic heterocycles. The number of nitrogens with one attached hydrogen (secondary N) is 1. The smallest absolute Gasteiger partial charge is 0.227 e. The molecule has 0 saturated heterocycles. The first-order valence-electron chi connectivity index (χ1n) is 6.52. The maximum absolute atomic E-state index is 11.8. The van der Waals surface area contributed by atoms with Crippen molar-refractivity contribution in [2.24, 2.45) is 0 Å². The summed E-state index contributed by atoms with van der Waals surface area (Å²) in [7, 11) is 0. The number of rotatable bonds is 5. The van der Waals surface area contributed by atoms with Crippen molar-refractivity contribution in [3.63, 3.8) is 0 Å². The van der Waals surface area contributed by atoms with Gasteiger partial charge >= 0.3 is 0 Å². The second kappa shape index (κ2) is 7.01. The fourth-order valence-electron chi connectivity index (χ4n) is 1.78. The van der Waals surface area contributed by atoms with E-state index in [1.807, 2.05) is 0 Å². The van der Waals surface area contributed by atoms with E-state index in [0.717, 1.165) is 5.56 Å². The number of nitrogen functional groups attached to an aromatic ring is 1. The Bertz CT molecular complexity index is 674. The minimum Gasteiger partial charge on any atom is -0.493 e. The van der Waals surface area contributed by atoms with Crippen LogP contribution in [-0.4, -0.2) is 12.5 Å². The van der Waals surface area contributed by atoms with Crippen LogP contribution in [0.4, 0.5) is 11.4 Å². The van der Waals surface area contributed by atoms with Crippen LogP contribution in [0.25, 0.3) is 0 Å². The third-order valence-corrected chi connectivity index (χ3v) is 2.77. The van der Waals surface area contributed by atoms with Gasteiger partial charge in [0, 0.05) is 23.0 Å². The van der Waals surface area contributed by atoms with Crippen molar-refractivity contribution in [1.82, 2.24) is 0 Å². The zero-order chi connectivity index (χ0) is 15.1. The van der Waals surface area contributed by atoms with Gasteiger partial charge in [0.25, 0.3) is 0 Å². The van der Waals surface area contributed by atoms with E-state index >= 15 is 0 Å². The van der Waals surface area contributed by atoms with E-state index in [0.29, 0.717) is 17.1 Å². The van der Waals surface area contributed by atoms with Gasteiger partial charge in [-0.1, -0.05) is 18.1 Å². The normalized spacial score (nSPS) is 9.67. The Hall–Kier alpha value is -2.93. The highest BCUT2D eigenvalue weighted by Crippen LogP contribution is 2.15. The molecule has 0 heterocycles. The predicted octanol–water partition coefficient (Wildman–Crippen LogP) is 2.66. The highest BCUT2D eigenvalue weighted by molar-refractivity contribution is 5.90. The molecule has 0 aliphatic carbocycles. The number of terminal acetylenes is 1. The lowest BCUT2D eigenvalue weighted by molar-refractivity contribution is -0.116. The molecule has 2 aromatic carbocycles. The van der Waals surface area contributed by atoms with Crippen LogP contribution in [0.5, 0.6) is 5.75 Å². The molecule has 4 heteroatoms. The topological polar surface area (TPSA) is 64.3 Å². The summed E-state index contributed by atoms with van der Waals surface area (Å²) in [6, 6.07) is 14.2. The maximum Gasteiger partial charge on any atom is 0.227 e.